The molecule has 14 heteroatoms. The quantitative estimate of drug-likeness (QED) is 0.358. The molecule has 226 valence electrons. The molecular formula is C28H37ClN8O5. The fourth-order valence-electron chi connectivity index (χ4n) is 4.43. The summed E-state index contributed by atoms with van der Waals surface area (Å²) in [5.41, 5.74) is 0.503. The third-order valence-corrected chi connectivity index (χ3v) is 6.83. The molecule has 0 radical (unpaired) electrons. The van der Waals surface area contributed by atoms with E-state index in [9.17, 15) is 9.59 Å². The fraction of sp³-hybridized carbons (Fsp3) is 0.607. The molecule has 2 aliphatic rings. The topological polar surface area (TPSA) is 138 Å². The van der Waals surface area contributed by atoms with Crippen molar-refractivity contribution in [3.63, 3.8) is 0 Å². The summed E-state index contributed by atoms with van der Waals surface area (Å²) in [5, 5.41) is 0.367. The lowest BCUT2D eigenvalue weighted by Crippen LogP contribution is -2.44. The van der Waals surface area contributed by atoms with E-state index in [1.54, 1.807) is 48.5 Å². The number of carbonyl (C=O) groups excluding carboxylic acids is 2. The first kappa shape index (κ1) is 29.9. The van der Waals surface area contributed by atoms with Crippen LogP contribution >= 0.6 is 11.6 Å². The lowest BCUT2D eigenvalue weighted by Gasteiger charge is -2.28. The van der Waals surface area contributed by atoms with Crippen molar-refractivity contribution in [3.05, 3.63) is 17.2 Å². The molecule has 3 aromatic rings. The predicted octanol–water partition coefficient (Wildman–Crippen LogP) is 5.17. The van der Waals surface area contributed by atoms with Gasteiger partial charge in [0.2, 0.25) is 11.2 Å². The van der Waals surface area contributed by atoms with E-state index < -0.39 is 23.4 Å². The molecule has 0 bridgehead atoms. The third kappa shape index (κ3) is 6.73. The van der Waals surface area contributed by atoms with Gasteiger partial charge in [-0.05, 0) is 78.8 Å². The number of aryl methyl sites for hydroxylation is 1. The van der Waals surface area contributed by atoms with Crippen LogP contribution in [0.25, 0.3) is 22.6 Å². The van der Waals surface area contributed by atoms with E-state index >= 15 is 0 Å². The Labute approximate surface area is 249 Å². The average molecular weight is 601 g/mol. The second-order valence-electron chi connectivity index (χ2n) is 12.5. The second-order valence-corrected chi connectivity index (χ2v) is 12.9. The minimum Gasteiger partial charge on any atom is -0.443 e. The summed E-state index contributed by atoms with van der Waals surface area (Å²) in [4.78, 5) is 52.3. The van der Waals surface area contributed by atoms with Crippen LogP contribution in [0.5, 0.6) is 0 Å². The highest BCUT2D eigenvalue weighted by Crippen LogP contribution is 2.36. The third-order valence-electron chi connectivity index (χ3n) is 6.54. The van der Waals surface area contributed by atoms with Crippen molar-refractivity contribution < 1.29 is 23.8 Å². The molecule has 1 saturated heterocycles. The van der Waals surface area contributed by atoms with Gasteiger partial charge >= 0.3 is 12.2 Å². The average Bonchev–Trinajstić information content (AvgIpc) is 3.65. The maximum Gasteiger partial charge on any atom is 0.427 e. The monoisotopic (exact) mass is 600 g/mol. The fourth-order valence-corrected chi connectivity index (χ4v) is 4.66. The van der Waals surface area contributed by atoms with Gasteiger partial charge in [-0.1, -0.05) is 0 Å². The summed E-state index contributed by atoms with van der Waals surface area (Å²) in [5.74, 6) is 1.39. The molecule has 0 aromatic carbocycles. The van der Waals surface area contributed by atoms with E-state index in [0.29, 0.717) is 76.5 Å². The minimum atomic E-state index is -0.949. The minimum absolute atomic E-state index is 0.184. The number of imidazole rings is 1. The molecule has 1 aliphatic heterocycles. The van der Waals surface area contributed by atoms with Crippen LogP contribution in [0.2, 0.25) is 5.28 Å². The number of nitrogens with zero attached hydrogens (tertiary/aromatic N) is 8. The number of hydrogen-bond acceptors (Lipinski definition) is 11. The van der Waals surface area contributed by atoms with Gasteiger partial charge in [0.1, 0.15) is 11.2 Å². The Morgan fingerprint density at radius 2 is 1.62 bits per heavy atom. The van der Waals surface area contributed by atoms with E-state index in [4.69, 9.17) is 35.8 Å². The van der Waals surface area contributed by atoms with Crippen molar-refractivity contribution in [1.29, 1.82) is 0 Å². The largest absolute Gasteiger partial charge is 0.443 e. The van der Waals surface area contributed by atoms with E-state index in [1.165, 1.54) is 6.20 Å². The zero-order valence-electron chi connectivity index (χ0n) is 25.1. The molecule has 1 saturated carbocycles. The van der Waals surface area contributed by atoms with Crippen LogP contribution in [0.4, 0.5) is 21.4 Å². The number of aromatic nitrogens is 6. The molecule has 2 amide bonds. The van der Waals surface area contributed by atoms with E-state index in [0.717, 1.165) is 19.4 Å². The normalized spacial score (nSPS) is 16.0. The van der Waals surface area contributed by atoms with E-state index in [-0.39, 0.29) is 5.95 Å². The number of rotatable bonds is 5. The first-order chi connectivity index (χ1) is 19.7. The number of fused-ring (bicyclic) bond motifs is 1. The molecule has 1 aliphatic carbocycles. The number of carbonyl (C=O) groups is 2. The number of ether oxygens (including phenoxy) is 3. The molecule has 0 unspecified atom stereocenters. The summed E-state index contributed by atoms with van der Waals surface area (Å²) >= 11 is 6.61. The Balaban J connectivity index is 1.58. The molecule has 2 fully saturated rings. The van der Waals surface area contributed by atoms with Gasteiger partial charge in [0, 0.05) is 25.8 Å². The van der Waals surface area contributed by atoms with Crippen molar-refractivity contribution >= 4 is 46.7 Å². The van der Waals surface area contributed by atoms with Crippen molar-refractivity contribution in [2.45, 2.75) is 79.1 Å². The summed E-state index contributed by atoms with van der Waals surface area (Å²) in [7, 11) is 0. The molecular weight excluding hydrogens is 564 g/mol. The summed E-state index contributed by atoms with van der Waals surface area (Å²) in [6.07, 6.45) is 1.88. The Hall–Kier alpha value is -3.58. The number of morpholine rings is 1. The van der Waals surface area contributed by atoms with Gasteiger partial charge in [0.05, 0.1) is 24.5 Å². The number of anilines is 2. The van der Waals surface area contributed by atoms with Crippen LogP contribution in [-0.4, -0.2) is 79.2 Å². The van der Waals surface area contributed by atoms with Crippen LogP contribution in [0.1, 0.15) is 60.1 Å². The Bertz CT molecular complexity index is 1470. The number of imide groups is 1. The SMILES string of the molecule is Cc1nc(N(C(=O)OC(C)(C)C)C(=O)OC(C)(C)C)ncc1-c1nc(N2CCOCC2)c2nc(Cl)n(CC3CC3)c2n1. The lowest BCUT2D eigenvalue weighted by molar-refractivity contribution is 0.0427. The summed E-state index contributed by atoms with van der Waals surface area (Å²) in [6.45, 7) is 15.1. The van der Waals surface area contributed by atoms with E-state index in [1.807, 2.05) is 4.57 Å². The highest BCUT2D eigenvalue weighted by atomic mass is 35.5. The number of hydrogen-bond donors (Lipinski definition) is 0. The van der Waals surface area contributed by atoms with Gasteiger partial charge in [0.25, 0.3) is 0 Å². The maximum absolute atomic E-state index is 13.1. The van der Waals surface area contributed by atoms with Gasteiger partial charge < -0.3 is 19.1 Å². The van der Waals surface area contributed by atoms with Gasteiger partial charge in [-0.3, -0.25) is 4.57 Å². The zero-order chi connectivity index (χ0) is 30.4. The molecule has 3 aromatic heterocycles. The van der Waals surface area contributed by atoms with Crippen molar-refractivity contribution in [2.24, 2.45) is 5.92 Å². The van der Waals surface area contributed by atoms with Gasteiger partial charge in [0.15, 0.2) is 22.8 Å². The van der Waals surface area contributed by atoms with Crippen LogP contribution < -0.4 is 9.80 Å². The lowest BCUT2D eigenvalue weighted by atomic mass is 10.2. The van der Waals surface area contributed by atoms with Crippen molar-refractivity contribution in [2.75, 3.05) is 36.1 Å². The molecule has 4 heterocycles. The molecule has 0 spiro atoms. The van der Waals surface area contributed by atoms with Gasteiger partial charge in [-0.15, -0.1) is 4.90 Å². The Kier molecular flexibility index (Phi) is 8.01. The second kappa shape index (κ2) is 11.3. The van der Waals surface area contributed by atoms with Gasteiger partial charge in [-0.2, -0.15) is 0 Å². The number of halogens is 1. The number of amides is 2. The predicted molar refractivity (Wildman–Crippen MR) is 157 cm³/mol. The Morgan fingerprint density at radius 3 is 2.17 bits per heavy atom. The molecule has 0 N–H and O–H groups in total. The molecule has 5 rings (SSSR count). The summed E-state index contributed by atoms with van der Waals surface area (Å²) in [6, 6.07) is 0. The molecule has 0 atom stereocenters. The van der Waals surface area contributed by atoms with E-state index in [2.05, 4.69) is 19.9 Å². The first-order valence-corrected chi connectivity index (χ1v) is 14.4. The molecule has 42 heavy (non-hydrogen) atoms. The van der Waals surface area contributed by atoms with Crippen LogP contribution in [0, 0.1) is 12.8 Å². The van der Waals surface area contributed by atoms with Crippen LogP contribution in [0.15, 0.2) is 6.20 Å². The zero-order valence-corrected chi connectivity index (χ0v) is 25.9. The highest BCUT2D eigenvalue weighted by molar-refractivity contribution is 6.29. The first-order valence-electron chi connectivity index (χ1n) is 14.1. The van der Waals surface area contributed by atoms with Crippen LogP contribution in [0.3, 0.4) is 0 Å². The van der Waals surface area contributed by atoms with Gasteiger partial charge in [-0.25, -0.2) is 34.5 Å². The van der Waals surface area contributed by atoms with Crippen molar-refractivity contribution in [1.82, 2.24) is 29.5 Å². The standard InChI is InChI=1S/C28H37ClN8O5/c1-16-18(14-30-24(31-16)37(25(38)41-27(2,3)4)26(39)42-28(5,6)7)20-33-21(35-10-12-40-13-11-35)19-22(34-20)36(23(29)32-19)15-17-8-9-17/h14,17H,8-13,15H2,1-7H3. The molecule has 13 nitrogen and oxygen atoms in total. The summed E-state index contributed by atoms with van der Waals surface area (Å²) < 4.78 is 18.4. The highest BCUT2D eigenvalue weighted by Gasteiger charge is 2.35. The maximum atomic E-state index is 13.1. The van der Waals surface area contributed by atoms with Crippen LogP contribution in [-0.2, 0) is 20.8 Å². The smallest absolute Gasteiger partial charge is 0.427 e. The Morgan fingerprint density at radius 1 is 1.00 bits per heavy atom. The van der Waals surface area contributed by atoms with Crippen molar-refractivity contribution in [3.8, 4) is 11.4 Å².